The molecule has 0 amide bonds. The molecule has 0 atom stereocenters. The van der Waals surface area contributed by atoms with Gasteiger partial charge in [-0.05, 0) is 24.6 Å². The number of anilines is 2. The van der Waals surface area contributed by atoms with Crippen molar-refractivity contribution in [2.45, 2.75) is 6.92 Å². The standard InChI is InChI=1S/C15H12N4O2S/c1-10-4-2-6-12(8-10)16-15-18-17-14(22-15)11-5-3-7-13(9-11)19(20)21/h2-9H,1H3,(H,16,18). The second-order valence-electron chi connectivity index (χ2n) is 4.71. The van der Waals surface area contributed by atoms with Crippen LogP contribution in [0.1, 0.15) is 5.56 Å². The summed E-state index contributed by atoms with van der Waals surface area (Å²) in [5, 5.41) is 23.5. The van der Waals surface area contributed by atoms with Gasteiger partial charge in [0.25, 0.3) is 5.69 Å². The zero-order chi connectivity index (χ0) is 15.5. The third kappa shape index (κ3) is 3.09. The Bertz CT molecular complexity index is 832. The van der Waals surface area contributed by atoms with Crippen molar-refractivity contribution in [3.63, 3.8) is 0 Å². The summed E-state index contributed by atoms with van der Waals surface area (Å²) >= 11 is 1.35. The Morgan fingerprint density at radius 1 is 1.14 bits per heavy atom. The molecule has 3 rings (SSSR count). The highest BCUT2D eigenvalue weighted by molar-refractivity contribution is 7.18. The highest BCUT2D eigenvalue weighted by atomic mass is 32.1. The molecule has 0 radical (unpaired) electrons. The van der Waals surface area contributed by atoms with Crippen LogP contribution >= 0.6 is 11.3 Å². The van der Waals surface area contributed by atoms with E-state index in [-0.39, 0.29) is 5.69 Å². The number of nitro groups is 1. The molecule has 6 nitrogen and oxygen atoms in total. The van der Waals surface area contributed by atoms with Crippen molar-refractivity contribution >= 4 is 27.8 Å². The van der Waals surface area contributed by atoms with Gasteiger partial charge in [0.2, 0.25) is 5.13 Å². The lowest BCUT2D eigenvalue weighted by Gasteiger charge is -2.01. The van der Waals surface area contributed by atoms with Crippen LogP contribution in [0.2, 0.25) is 0 Å². The number of rotatable bonds is 4. The third-order valence-electron chi connectivity index (χ3n) is 3.00. The zero-order valence-corrected chi connectivity index (χ0v) is 12.5. The van der Waals surface area contributed by atoms with E-state index in [4.69, 9.17) is 0 Å². The maximum absolute atomic E-state index is 10.8. The summed E-state index contributed by atoms with van der Waals surface area (Å²) in [4.78, 5) is 10.4. The van der Waals surface area contributed by atoms with Gasteiger partial charge in [0, 0.05) is 23.4 Å². The predicted molar refractivity (Wildman–Crippen MR) is 86.5 cm³/mol. The first-order valence-corrected chi connectivity index (χ1v) is 7.35. The molecule has 22 heavy (non-hydrogen) atoms. The molecule has 0 fully saturated rings. The molecule has 0 spiro atoms. The molecule has 0 aliphatic heterocycles. The first-order valence-electron chi connectivity index (χ1n) is 6.54. The maximum Gasteiger partial charge on any atom is 0.270 e. The second-order valence-corrected chi connectivity index (χ2v) is 5.69. The van der Waals surface area contributed by atoms with Crippen LogP contribution in [-0.2, 0) is 0 Å². The van der Waals surface area contributed by atoms with Crippen LogP contribution in [0.3, 0.4) is 0 Å². The summed E-state index contributed by atoms with van der Waals surface area (Å²) in [6, 6.07) is 14.3. The van der Waals surface area contributed by atoms with Gasteiger partial charge in [0.1, 0.15) is 5.01 Å². The van der Waals surface area contributed by atoms with Crippen molar-refractivity contribution in [1.82, 2.24) is 10.2 Å². The Labute approximate surface area is 130 Å². The lowest BCUT2D eigenvalue weighted by atomic mass is 10.2. The van der Waals surface area contributed by atoms with Crippen LogP contribution in [0.15, 0.2) is 48.5 Å². The quantitative estimate of drug-likeness (QED) is 0.577. The molecule has 110 valence electrons. The molecule has 0 saturated heterocycles. The molecule has 0 aliphatic carbocycles. The van der Waals surface area contributed by atoms with Crippen molar-refractivity contribution in [2.24, 2.45) is 0 Å². The lowest BCUT2D eigenvalue weighted by Crippen LogP contribution is -1.89. The van der Waals surface area contributed by atoms with Gasteiger partial charge in [0.15, 0.2) is 0 Å². The van der Waals surface area contributed by atoms with Crippen LogP contribution in [-0.4, -0.2) is 15.1 Å². The smallest absolute Gasteiger partial charge is 0.270 e. The van der Waals surface area contributed by atoms with E-state index in [0.29, 0.717) is 15.7 Å². The average molecular weight is 312 g/mol. The van der Waals surface area contributed by atoms with Crippen LogP contribution < -0.4 is 5.32 Å². The average Bonchev–Trinajstić information content (AvgIpc) is 2.96. The number of nitro benzene ring substituents is 1. The van der Waals surface area contributed by atoms with E-state index in [9.17, 15) is 10.1 Å². The molecule has 1 N–H and O–H groups in total. The molecule has 0 bridgehead atoms. The van der Waals surface area contributed by atoms with E-state index in [1.165, 1.54) is 23.5 Å². The fraction of sp³-hybridized carbons (Fsp3) is 0.0667. The molecule has 1 heterocycles. The van der Waals surface area contributed by atoms with E-state index >= 15 is 0 Å². The van der Waals surface area contributed by atoms with Crippen molar-refractivity contribution in [1.29, 1.82) is 0 Å². The number of non-ortho nitro benzene ring substituents is 1. The maximum atomic E-state index is 10.8. The molecule has 0 unspecified atom stereocenters. The number of hydrogen-bond donors (Lipinski definition) is 1. The van der Waals surface area contributed by atoms with Gasteiger partial charge in [-0.2, -0.15) is 0 Å². The summed E-state index contributed by atoms with van der Waals surface area (Å²) in [6.45, 7) is 2.01. The number of aryl methyl sites for hydroxylation is 1. The van der Waals surface area contributed by atoms with Gasteiger partial charge in [-0.1, -0.05) is 35.6 Å². The lowest BCUT2D eigenvalue weighted by molar-refractivity contribution is -0.384. The predicted octanol–water partition coefficient (Wildman–Crippen LogP) is 4.17. The Morgan fingerprint density at radius 2 is 1.95 bits per heavy atom. The SMILES string of the molecule is Cc1cccc(Nc2nnc(-c3cccc([N+](=O)[O-])c3)s2)c1. The van der Waals surface area contributed by atoms with Crippen molar-refractivity contribution in [3.8, 4) is 10.6 Å². The summed E-state index contributed by atoms with van der Waals surface area (Å²) in [5.74, 6) is 0. The van der Waals surface area contributed by atoms with Gasteiger partial charge in [-0.3, -0.25) is 10.1 Å². The van der Waals surface area contributed by atoms with E-state index in [1.54, 1.807) is 12.1 Å². The molecule has 1 aromatic heterocycles. The molecule has 2 aromatic carbocycles. The summed E-state index contributed by atoms with van der Waals surface area (Å²) in [5.41, 5.74) is 2.81. The van der Waals surface area contributed by atoms with Gasteiger partial charge in [-0.25, -0.2) is 0 Å². The molecule has 3 aromatic rings. The fourth-order valence-corrected chi connectivity index (χ4v) is 2.75. The Balaban J connectivity index is 1.84. The number of nitrogens with one attached hydrogen (secondary N) is 1. The minimum atomic E-state index is -0.420. The fourth-order valence-electron chi connectivity index (χ4n) is 1.99. The number of aromatic nitrogens is 2. The Kier molecular flexibility index (Phi) is 3.80. The van der Waals surface area contributed by atoms with Crippen LogP contribution in [0.4, 0.5) is 16.5 Å². The third-order valence-corrected chi connectivity index (χ3v) is 3.89. The summed E-state index contributed by atoms with van der Waals surface area (Å²) in [7, 11) is 0. The van der Waals surface area contributed by atoms with Crippen LogP contribution in [0, 0.1) is 17.0 Å². The highest BCUT2D eigenvalue weighted by Gasteiger charge is 2.11. The Hall–Kier alpha value is -2.80. The van der Waals surface area contributed by atoms with Crippen molar-refractivity contribution in [2.75, 3.05) is 5.32 Å². The number of hydrogen-bond acceptors (Lipinski definition) is 6. The molecule has 7 heteroatoms. The highest BCUT2D eigenvalue weighted by Crippen LogP contribution is 2.30. The summed E-state index contributed by atoms with van der Waals surface area (Å²) in [6.07, 6.45) is 0. The van der Waals surface area contributed by atoms with E-state index in [1.807, 2.05) is 31.2 Å². The minimum absolute atomic E-state index is 0.0425. The minimum Gasteiger partial charge on any atom is -0.330 e. The number of benzene rings is 2. The zero-order valence-electron chi connectivity index (χ0n) is 11.7. The van der Waals surface area contributed by atoms with Crippen LogP contribution in [0.25, 0.3) is 10.6 Å². The molecular weight excluding hydrogens is 300 g/mol. The Morgan fingerprint density at radius 3 is 2.73 bits per heavy atom. The normalized spacial score (nSPS) is 10.4. The first kappa shape index (κ1) is 14.2. The molecule has 0 saturated carbocycles. The second kappa shape index (κ2) is 5.90. The van der Waals surface area contributed by atoms with Gasteiger partial charge in [0.05, 0.1) is 4.92 Å². The largest absolute Gasteiger partial charge is 0.330 e. The topological polar surface area (TPSA) is 81.0 Å². The monoisotopic (exact) mass is 312 g/mol. The van der Waals surface area contributed by atoms with Gasteiger partial charge in [-0.15, -0.1) is 10.2 Å². The van der Waals surface area contributed by atoms with Crippen molar-refractivity contribution in [3.05, 3.63) is 64.2 Å². The summed E-state index contributed by atoms with van der Waals surface area (Å²) < 4.78 is 0. The van der Waals surface area contributed by atoms with Crippen LogP contribution in [0.5, 0.6) is 0 Å². The van der Waals surface area contributed by atoms with E-state index < -0.39 is 4.92 Å². The van der Waals surface area contributed by atoms with E-state index in [2.05, 4.69) is 15.5 Å². The van der Waals surface area contributed by atoms with E-state index in [0.717, 1.165) is 11.3 Å². The van der Waals surface area contributed by atoms with Crippen molar-refractivity contribution < 1.29 is 4.92 Å². The van der Waals surface area contributed by atoms with Gasteiger partial charge < -0.3 is 5.32 Å². The first-order chi connectivity index (χ1) is 10.6. The molecule has 0 aliphatic rings. The molecular formula is C15H12N4O2S. The van der Waals surface area contributed by atoms with Gasteiger partial charge >= 0.3 is 0 Å². The number of nitrogens with zero attached hydrogens (tertiary/aromatic N) is 3.